The Morgan fingerprint density at radius 3 is 2.61 bits per heavy atom. The molecule has 4 nitrogen and oxygen atoms in total. The molecule has 0 amide bonds. The van der Waals surface area contributed by atoms with E-state index in [1.54, 1.807) is 11.2 Å². The first-order chi connectivity index (χ1) is 8.36. The summed E-state index contributed by atoms with van der Waals surface area (Å²) in [5.41, 5.74) is 0. The predicted octanol–water partition coefficient (Wildman–Crippen LogP) is 1.85. The molecule has 1 aliphatic heterocycles. The van der Waals surface area contributed by atoms with Crippen molar-refractivity contribution in [1.82, 2.24) is 4.31 Å². The van der Waals surface area contributed by atoms with Gasteiger partial charge in [-0.15, -0.1) is 0 Å². The number of sulfonamides is 1. The topological polar surface area (TPSA) is 57.6 Å². The molecular formula is C13H27NO3S. The van der Waals surface area contributed by atoms with Crippen LogP contribution in [0.1, 0.15) is 46.5 Å². The molecule has 1 heterocycles. The maximum atomic E-state index is 12.3. The van der Waals surface area contributed by atoms with Crippen LogP contribution < -0.4 is 0 Å². The van der Waals surface area contributed by atoms with Gasteiger partial charge in [-0.25, -0.2) is 12.7 Å². The molecule has 18 heavy (non-hydrogen) atoms. The summed E-state index contributed by atoms with van der Waals surface area (Å²) in [7, 11) is -3.15. The highest BCUT2D eigenvalue weighted by Crippen LogP contribution is 2.23. The van der Waals surface area contributed by atoms with Crippen molar-refractivity contribution in [3.8, 4) is 0 Å². The Kier molecular flexibility index (Phi) is 6.08. The van der Waals surface area contributed by atoms with Crippen LogP contribution in [0.15, 0.2) is 0 Å². The first-order valence-electron chi connectivity index (χ1n) is 7.02. The Hall–Kier alpha value is -0.130. The van der Waals surface area contributed by atoms with E-state index >= 15 is 0 Å². The third kappa shape index (κ3) is 4.52. The largest absolute Gasteiger partial charge is 0.393 e. The fourth-order valence-corrected chi connectivity index (χ4v) is 4.58. The van der Waals surface area contributed by atoms with E-state index in [9.17, 15) is 13.5 Å². The van der Waals surface area contributed by atoms with Crippen LogP contribution >= 0.6 is 0 Å². The molecule has 3 atom stereocenters. The fraction of sp³-hybridized carbons (Fsp3) is 1.00. The Morgan fingerprint density at radius 2 is 2.06 bits per heavy atom. The molecular weight excluding hydrogens is 250 g/mol. The summed E-state index contributed by atoms with van der Waals surface area (Å²) in [6.45, 7) is 6.92. The van der Waals surface area contributed by atoms with Gasteiger partial charge in [0.25, 0.3) is 0 Å². The first-order valence-corrected chi connectivity index (χ1v) is 8.63. The van der Waals surface area contributed by atoms with E-state index in [1.165, 1.54) is 0 Å². The maximum Gasteiger partial charge on any atom is 0.214 e. The Morgan fingerprint density at radius 1 is 1.39 bits per heavy atom. The lowest BCUT2D eigenvalue weighted by Crippen LogP contribution is -2.44. The summed E-state index contributed by atoms with van der Waals surface area (Å²) in [5.74, 6) is 0.551. The van der Waals surface area contributed by atoms with Crippen molar-refractivity contribution in [2.75, 3.05) is 18.8 Å². The maximum absolute atomic E-state index is 12.3. The smallest absolute Gasteiger partial charge is 0.214 e. The minimum absolute atomic E-state index is 0.0926. The molecule has 1 N–H and O–H groups in total. The molecule has 0 aromatic heterocycles. The van der Waals surface area contributed by atoms with Gasteiger partial charge >= 0.3 is 0 Å². The molecule has 0 aromatic carbocycles. The van der Waals surface area contributed by atoms with Crippen molar-refractivity contribution in [2.45, 2.75) is 52.6 Å². The van der Waals surface area contributed by atoms with Crippen LogP contribution in [0.2, 0.25) is 0 Å². The fourth-order valence-electron chi connectivity index (χ4n) is 2.66. The van der Waals surface area contributed by atoms with E-state index in [2.05, 4.69) is 6.92 Å². The summed E-state index contributed by atoms with van der Waals surface area (Å²) >= 11 is 0. The van der Waals surface area contributed by atoms with Gasteiger partial charge in [-0.1, -0.05) is 20.3 Å². The van der Waals surface area contributed by atoms with Gasteiger partial charge in [-0.3, -0.25) is 0 Å². The summed E-state index contributed by atoms with van der Waals surface area (Å²) in [4.78, 5) is 0. The molecule has 1 rings (SSSR count). The second-order valence-electron chi connectivity index (χ2n) is 5.67. The zero-order valence-corrected chi connectivity index (χ0v) is 12.6. The molecule has 108 valence electrons. The lowest BCUT2D eigenvalue weighted by Gasteiger charge is -2.33. The van der Waals surface area contributed by atoms with Gasteiger partial charge in [0.15, 0.2) is 0 Å². The molecule has 5 heteroatoms. The molecule has 1 saturated heterocycles. The summed E-state index contributed by atoms with van der Waals surface area (Å²) in [6, 6.07) is 0. The van der Waals surface area contributed by atoms with Crippen LogP contribution in [0.4, 0.5) is 0 Å². The number of nitrogens with zero attached hydrogens (tertiary/aromatic N) is 1. The third-order valence-corrected chi connectivity index (χ3v) is 5.88. The van der Waals surface area contributed by atoms with Crippen molar-refractivity contribution in [3.63, 3.8) is 0 Å². The molecule has 1 fully saturated rings. The van der Waals surface area contributed by atoms with E-state index < -0.39 is 16.1 Å². The van der Waals surface area contributed by atoms with Gasteiger partial charge < -0.3 is 5.11 Å². The Bertz CT molecular complexity index is 340. The van der Waals surface area contributed by atoms with Crippen LogP contribution in [0, 0.1) is 11.8 Å². The van der Waals surface area contributed by atoms with Crippen LogP contribution in [-0.4, -0.2) is 42.8 Å². The Labute approximate surface area is 111 Å². The zero-order valence-electron chi connectivity index (χ0n) is 11.8. The number of aliphatic hydroxyl groups excluding tert-OH is 1. The van der Waals surface area contributed by atoms with Gasteiger partial charge in [0.2, 0.25) is 10.0 Å². The molecule has 1 aliphatic rings. The Balaban J connectivity index is 2.61. The van der Waals surface area contributed by atoms with Crippen LogP contribution in [-0.2, 0) is 10.0 Å². The number of rotatable bonds is 6. The lowest BCUT2D eigenvalue weighted by atomic mass is 9.95. The highest BCUT2D eigenvalue weighted by Gasteiger charge is 2.31. The second-order valence-corrected chi connectivity index (χ2v) is 7.69. The normalized spacial score (nSPS) is 25.9. The van der Waals surface area contributed by atoms with E-state index in [4.69, 9.17) is 0 Å². The van der Waals surface area contributed by atoms with Crippen LogP contribution in [0.3, 0.4) is 0 Å². The van der Waals surface area contributed by atoms with Gasteiger partial charge in [-0.05, 0) is 38.0 Å². The molecule has 0 aromatic rings. The summed E-state index contributed by atoms with van der Waals surface area (Å²) in [6.07, 6.45) is 3.33. The minimum Gasteiger partial charge on any atom is -0.393 e. The van der Waals surface area contributed by atoms with Gasteiger partial charge in [0.1, 0.15) is 0 Å². The molecule has 0 saturated carbocycles. The van der Waals surface area contributed by atoms with E-state index in [0.29, 0.717) is 13.1 Å². The average Bonchev–Trinajstić information content (AvgIpc) is 2.28. The SMILES string of the molecule is CCCC(C)CS(=O)(=O)N1CCCC(C(C)O)C1. The highest BCUT2D eigenvalue weighted by molar-refractivity contribution is 7.89. The zero-order chi connectivity index (χ0) is 13.8. The average molecular weight is 277 g/mol. The third-order valence-electron chi connectivity index (χ3n) is 3.77. The molecule has 3 unspecified atom stereocenters. The summed E-state index contributed by atoms with van der Waals surface area (Å²) in [5, 5.41) is 9.61. The van der Waals surface area contributed by atoms with Gasteiger partial charge in [0.05, 0.1) is 11.9 Å². The molecule has 0 spiro atoms. The van der Waals surface area contributed by atoms with Crippen LogP contribution in [0.5, 0.6) is 0 Å². The monoisotopic (exact) mass is 277 g/mol. The number of aliphatic hydroxyl groups is 1. The molecule has 0 aliphatic carbocycles. The van der Waals surface area contributed by atoms with Gasteiger partial charge in [-0.2, -0.15) is 0 Å². The minimum atomic E-state index is -3.15. The van der Waals surface area contributed by atoms with Crippen molar-refractivity contribution >= 4 is 10.0 Å². The van der Waals surface area contributed by atoms with Crippen LogP contribution in [0.25, 0.3) is 0 Å². The number of piperidine rings is 1. The lowest BCUT2D eigenvalue weighted by molar-refractivity contribution is 0.0884. The molecule has 0 bridgehead atoms. The van der Waals surface area contributed by atoms with Gasteiger partial charge in [0, 0.05) is 13.1 Å². The van der Waals surface area contributed by atoms with E-state index in [1.807, 2.05) is 6.92 Å². The second kappa shape index (κ2) is 6.87. The standard InChI is InChI=1S/C13H27NO3S/c1-4-6-11(2)10-18(16,17)14-8-5-7-13(9-14)12(3)15/h11-13,15H,4-10H2,1-3H3. The van der Waals surface area contributed by atoms with Crippen molar-refractivity contribution in [1.29, 1.82) is 0 Å². The number of hydrogen-bond donors (Lipinski definition) is 1. The van der Waals surface area contributed by atoms with Crippen molar-refractivity contribution < 1.29 is 13.5 Å². The summed E-state index contributed by atoms with van der Waals surface area (Å²) < 4.78 is 26.1. The van der Waals surface area contributed by atoms with Crippen molar-refractivity contribution in [2.24, 2.45) is 11.8 Å². The van der Waals surface area contributed by atoms with Crippen molar-refractivity contribution in [3.05, 3.63) is 0 Å². The predicted molar refractivity (Wildman–Crippen MR) is 73.8 cm³/mol. The van der Waals surface area contributed by atoms with E-state index in [0.717, 1.165) is 25.7 Å². The molecule has 0 radical (unpaired) electrons. The first kappa shape index (κ1) is 15.9. The quantitative estimate of drug-likeness (QED) is 0.806. The van der Waals surface area contributed by atoms with E-state index in [-0.39, 0.29) is 17.6 Å². The number of hydrogen-bond acceptors (Lipinski definition) is 3. The highest BCUT2D eigenvalue weighted by atomic mass is 32.2.